The lowest BCUT2D eigenvalue weighted by Gasteiger charge is -2.18. The van der Waals surface area contributed by atoms with Crippen LogP contribution in [0.25, 0.3) is 0 Å². The van der Waals surface area contributed by atoms with E-state index in [0.29, 0.717) is 6.42 Å². The fourth-order valence-corrected chi connectivity index (χ4v) is 3.34. The van der Waals surface area contributed by atoms with Crippen molar-refractivity contribution in [3.05, 3.63) is 0 Å². The standard InChI is InChI=1S/C22H40N3O13P/c1-16(2)25-21(29)7-5-6-20(28)23-8-10-33-12-13-34-22(30)24-9-11-36-39(31,32)37-15-19(38-18(4)27)14-35-17(3)26/h16,19H,5-15H2,1-4H3,(H,23,28)(H,24,30)(H,25,29)(H,31,32)/t19-/m1/s1. The van der Waals surface area contributed by atoms with Gasteiger partial charge in [0.15, 0.2) is 6.10 Å². The topological polar surface area (TPSA) is 214 Å². The number of nitrogens with one attached hydrogen (secondary N) is 3. The third kappa shape index (κ3) is 24.0. The first-order valence-electron chi connectivity index (χ1n) is 12.3. The van der Waals surface area contributed by atoms with Gasteiger partial charge in [-0.15, -0.1) is 0 Å². The third-order valence-corrected chi connectivity index (χ3v) is 5.13. The van der Waals surface area contributed by atoms with Gasteiger partial charge in [0.25, 0.3) is 0 Å². The highest BCUT2D eigenvalue weighted by molar-refractivity contribution is 7.47. The molecule has 0 saturated carbocycles. The van der Waals surface area contributed by atoms with Crippen LogP contribution in [0.15, 0.2) is 0 Å². The van der Waals surface area contributed by atoms with Crippen LogP contribution in [0.5, 0.6) is 0 Å². The molecule has 226 valence electrons. The number of hydrogen-bond acceptors (Lipinski definition) is 12. The van der Waals surface area contributed by atoms with Crippen molar-refractivity contribution in [1.82, 2.24) is 16.0 Å². The van der Waals surface area contributed by atoms with E-state index in [2.05, 4.69) is 20.7 Å². The van der Waals surface area contributed by atoms with Crippen molar-refractivity contribution in [2.75, 3.05) is 52.7 Å². The molecule has 3 amide bonds. The summed E-state index contributed by atoms with van der Waals surface area (Å²) < 4.78 is 40.9. The number of rotatable bonds is 21. The molecule has 0 fully saturated rings. The molecule has 0 aromatic heterocycles. The summed E-state index contributed by atoms with van der Waals surface area (Å²) in [6, 6.07) is 0.0578. The van der Waals surface area contributed by atoms with E-state index in [-0.39, 0.29) is 70.2 Å². The maximum atomic E-state index is 11.9. The number of carbonyl (C=O) groups is 5. The Morgan fingerprint density at radius 3 is 2.10 bits per heavy atom. The Morgan fingerprint density at radius 2 is 1.46 bits per heavy atom. The van der Waals surface area contributed by atoms with Crippen LogP contribution in [0.3, 0.4) is 0 Å². The molecule has 17 heteroatoms. The molecular weight excluding hydrogens is 545 g/mol. The lowest BCUT2D eigenvalue weighted by molar-refractivity contribution is -0.158. The second-order valence-corrected chi connectivity index (χ2v) is 9.69. The Hall–Kier alpha value is -2.78. The molecule has 4 N–H and O–H groups in total. The van der Waals surface area contributed by atoms with Crippen LogP contribution in [0.4, 0.5) is 4.79 Å². The zero-order valence-electron chi connectivity index (χ0n) is 22.7. The molecule has 0 radical (unpaired) electrons. The van der Waals surface area contributed by atoms with E-state index < -0.39 is 45.2 Å². The van der Waals surface area contributed by atoms with Gasteiger partial charge in [-0.3, -0.25) is 28.2 Å². The molecule has 0 bridgehead atoms. The maximum Gasteiger partial charge on any atom is 0.472 e. The molecule has 0 heterocycles. The molecule has 0 aliphatic carbocycles. The monoisotopic (exact) mass is 585 g/mol. The minimum absolute atomic E-state index is 0.0578. The summed E-state index contributed by atoms with van der Waals surface area (Å²) >= 11 is 0. The summed E-state index contributed by atoms with van der Waals surface area (Å²) in [7, 11) is -4.55. The average molecular weight is 586 g/mol. The number of phosphoric ester groups is 1. The molecule has 1 unspecified atom stereocenters. The van der Waals surface area contributed by atoms with Gasteiger partial charge in [0.1, 0.15) is 13.2 Å². The molecule has 0 aliphatic heterocycles. The van der Waals surface area contributed by atoms with Crippen molar-refractivity contribution < 1.29 is 61.4 Å². The molecule has 39 heavy (non-hydrogen) atoms. The summed E-state index contributed by atoms with van der Waals surface area (Å²) in [6.45, 7) is 4.89. The van der Waals surface area contributed by atoms with Gasteiger partial charge in [-0.1, -0.05) is 0 Å². The Kier molecular flexibility index (Phi) is 19.6. The summed E-state index contributed by atoms with van der Waals surface area (Å²) in [4.78, 5) is 66.4. The van der Waals surface area contributed by atoms with Crippen molar-refractivity contribution in [1.29, 1.82) is 0 Å². The van der Waals surface area contributed by atoms with E-state index in [0.717, 1.165) is 13.8 Å². The van der Waals surface area contributed by atoms with E-state index in [1.807, 2.05) is 13.8 Å². The number of hydrogen-bond donors (Lipinski definition) is 4. The minimum atomic E-state index is -4.55. The van der Waals surface area contributed by atoms with Crippen molar-refractivity contribution in [3.63, 3.8) is 0 Å². The summed E-state index contributed by atoms with van der Waals surface area (Å²) in [6.07, 6.45) is -0.992. The second-order valence-electron chi connectivity index (χ2n) is 8.23. The van der Waals surface area contributed by atoms with Crippen molar-refractivity contribution in [2.24, 2.45) is 0 Å². The Bertz CT molecular complexity index is 825. The first-order chi connectivity index (χ1) is 18.3. The number of carbonyl (C=O) groups excluding carboxylic acids is 5. The summed E-state index contributed by atoms with van der Waals surface area (Å²) in [5, 5.41) is 7.69. The fourth-order valence-electron chi connectivity index (χ4n) is 2.59. The molecular formula is C22H40N3O13P. The van der Waals surface area contributed by atoms with Crippen LogP contribution in [0.2, 0.25) is 0 Å². The van der Waals surface area contributed by atoms with E-state index in [4.69, 9.17) is 23.3 Å². The first kappa shape index (κ1) is 36.2. The number of phosphoric acid groups is 1. The predicted molar refractivity (Wildman–Crippen MR) is 134 cm³/mol. The van der Waals surface area contributed by atoms with Gasteiger partial charge in [-0.05, 0) is 20.3 Å². The number of esters is 2. The van der Waals surface area contributed by atoms with Crippen LogP contribution in [0, 0.1) is 0 Å². The molecule has 2 atom stereocenters. The van der Waals surface area contributed by atoms with Gasteiger partial charge >= 0.3 is 25.9 Å². The van der Waals surface area contributed by atoms with Gasteiger partial charge in [0.05, 0.1) is 26.4 Å². The number of alkyl carbamates (subject to hydrolysis) is 1. The first-order valence-corrected chi connectivity index (χ1v) is 13.8. The lowest BCUT2D eigenvalue weighted by Crippen LogP contribution is -2.31. The van der Waals surface area contributed by atoms with Gasteiger partial charge in [0.2, 0.25) is 11.8 Å². The highest BCUT2D eigenvalue weighted by Gasteiger charge is 2.25. The molecule has 0 rings (SSSR count). The van der Waals surface area contributed by atoms with Crippen molar-refractivity contribution in [2.45, 2.75) is 59.1 Å². The van der Waals surface area contributed by atoms with E-state index in [9.17, 15) is 33.4 Å². The third-order valence-electron chi connectivity index (χ3n) is 4.14. The van der Waals surface area contributed by atoms with Crippen LogP contribution < -0.4 is 16.0 Å². The van der Waals surface area contributed by atoms with Crippen LogP contribution in [0.1, 0.15) is 47.0 Å². The molecule has 0 aliphatic rings. The number of ether oxygens (including phenoxy) is 4. The molecule has 16 nitrogen and oxygen atoms in total. The maximum absolute atomic E-state index is 11.9. The predicted octanol–water partition coefficient (Wildman–Crippen LogP) is 0.169. The quantitative estimate of drug-likeness (QED) is 0.0612. The van der Waals surface area contributed by atoms with Crippen molar-refractivity contribution in [3.8, 4) is 0 Å². The van der Waals surface area contributed by atoms with Gasteiger partial charge in [-0.2, -0.15) is 0 Å². The van der Waals surface area contributed by atoms with E-state index in [1.54, 1.807) is 0 Å². The molecule has 0 aromatic rings. The zero-order valence-corrected chi connectivity index (χ0v) is 23.6. The van der Waals surface area contributed by atoms with Crippen LogP contribution >= 0.6 is 7.82 Å². The highest BCUT2D eigenvalue weighted by atomic mass is 31.2. The largest absolute Gasteiger partial charge is 0.472 e. The van der Waals surface area contributed by atoms with Gasteiger partial charge in [0, 0.05) is 45.8 Å². The number of amides is 3. The second kappa shape index (κ2) is 21.1. The van der Waals surface area contributed by atoms with Crippen LogP contribution in [-0.4, -0.2) is 99.6 Å². The van der Waals surface area contributed by atoms with Crippen molar-refractivity contribution >= 4 is 37.7 Å². The van der Waals surface area contributed by atoms with Gasteiger partial charge in [-0.25, -0.2) is 9.36 Å². The average Bonchev–Trinajstić information content (AvgIpc) is 2.82. The Morgan fingerprint density at radius 1 is 0.795 bits per heavy atom. The normalized spacial score (nSPS) is 13.1. The van der Waals surface area contributed by atoms with E-state index >= 15 is 0 Å². The Labute approximate surface area is 227 Å². The van der Waals surface area contributed by atoms with Gasteiger partial charge < -0.3 is 39.8 Å². The molecule has 0 spiro atoms. The SMILES string of the molecule is CC(=O)OC[C@H](COP(=O)(O)OCCNC(=O)OCCOCCNC(=O)CCCC(=O)NC(C)C)OC(C)=O. The smallest absolute Gasteiger partial charge is 0.462 e. The Balaban J connectivity index is 3.84. The summed E-state index contributed by atoms with van der Waals surface area (Å²) in [5.41, 5.74) is 0. The fraction of sp³-hybridized carbons (Fsp3) is 0.773. The lowest BCUT2D eigenvalue weighted by atomic mass is 10.2. The highest BCUT2D eigenvalue weighted by Crippen LogP contribution is 2.43. The molecule has 0 aromatic carbocycles. The zero-order chi connectivity index (χ0) is 29.7. The molecule has 0 saturated heterocycles. The summed E-state index contributed by atoms with van der Waals surface area (Å²) in [5.74, 6) is -1.64. The van der Waals surface area contributed by atoms with Crippen LogP contribution in [-0.2, 0) is 51.7 Å². The van der Waals surface area contributed by atoms with E-state index in [1.165, 1.54) is 0 Å². The minimum Gasteiger partial charge on any atom is -0.462 e.